The van der Waals surface area contributed by atoms with Crippen molar-refractivity contribution in [2.24, 2.45) is 0 Å². The number of nitrogens with zero attached hydrogens (tertiary/aromatic N) is 4. The van der Waals surface area contributed by atoms with E-state index in [1.807, 2.05) is 25.1 Å². The molecule has 22 heavy (non-hydrogen) atoms. The zero-order chi connectivity index (χ0) is 15.5. The molecule has 0 spiro atoms. The lowest BCUT2D eigenvalue weighted by atomic mass is 10.1. The Morgan fingerprint density at radius 3 is 2.50 bits per heavy atom. The van der Waals surface area contributed by atoms with E-state index in [-0.39, 0.29) is 5.91 Å². The van der Waals surface area contributed by atoms with Crippen LogP contribution in [0.15, 0.2) is 30.3 Å². The van der Waals surface area contributed by atoms with Crippen molar-refractivity contribution < 1.29 is 9.90 Å². The third-order valence-corrected chi connectivity index (χ3v) is 4.60. The number of carbonyl (C=O) groups excluding carboxylic acids is 1. The van der Waals surface area contributed by atoms with Crippen LogP contribution < -0.4 is 4.90 Å². The van der Waals surface area contributed by atoms with Crippen molar-refractivity contribution in [3.05, 3.63) is 41.7 Å². The summed E-state index contributed by atoms with van der Waals surface area (Å²) in [4.78, 5) is 20.6. The maximum Gasteiger partial charge on any atom is 0.256 e. The number of anilines is 1. The molecule has 1 atom stereocenters. The fourth-order valence-electron chi connectivity index (χ4n) is 2.48. The summed E-state index contributed by atoms with van der Waals surface area (Å²) >= 11 is 1.38. The first-order valence-electron chi connectivity index (χ1n) is 7.22. The third-order valence-electron chi connectivity index (χ3n) is 3.73. The Labute approximate surface area is 133 Å². The molecule has 1 aromatic carbocycles. The average Bonchev–Trinajstić information content (AvgIpc) is 3.01. The van der Waals surface area contributed by atoms with Gasteiger partial charge in [-0.3, -0.25) is 4.79 Å². The normalized spacial score (nSPS) is 16.6. The number of hydrogen-bond acceptors (Lipinski definition) is 6. The number of amides is 1. The average molecular weight is 318 g/mol. The van der Waals surface area contributed by atoms with E-state index in [1.165, 1.54) is 11.5 Å². The summed E-state index contributed by atoms with van der Waals surface area (Å²) in [6, 6.07) is 9.04. The molecule has 3 rings (SSSR count). The molecule has 116 valence electrons. The summed E-state index contributed by atoms with van der Waals surface area (Å²) in [5, 5.41) is 11.1. The van der Waals surface area contributed by atoms with Crippen molar-refractivity contribution in [3.63, 3.8) is 0 Å². The van der Waals surface area contributed by atoms with Gasteiger partial charge in [-0.15, -0.1) is 0 Å². The monoisotopic (exact) mass is 318 g/mol. The van der Waals surface area contributed by atoms with Gasteiger partial charge in [-0.2, -0.15) is 4.37 Å². The zero-order valence-corrected chi connectivity index (χ0v) is 13.2. The van der Waals surface area contributed by atoms with Gasteiger partial charge < -0.3 is 14.9 Å². The number of aliphatic hydroxyl groups is 1. The quantitative estimate of drug-likeness (QED) is 0.922. The van der Waals surface area contributed by atoms with Crippen LogP contribution in [0.1, 0.15) is 17.5 Å². The molecule has 1 aliphatic heterocycles. The highest BCUT2D eigenvalue weighted by atomic mass is 32.1. The van der Waals surface area contributed by atoms with Gasteiger partial charge in [0.1, 0.15) is 5.82 Å². The number of aliphatic hydroxyl groups excluding tert-OH is 1. The van der Waals surface area contributed by atoms with Crippen molar-refractivity contribution >= 4 is 22.6 Å². The molecule has 0 radical (unpaired) electrons. The van der Waals surface area contributed by atoms with Crippen molar-refractivity contribution in [1.29, 1.82) is 0 Å². The lowest BCUT2D eigenvalue weighted by Gasteiger charge is -2.35. The van der Waals surface area contributed by atoms with Gasteiger partial charge in [0.25, 0.3) is 5.91 Å². The lowest BCUT2D eigenvalue weighted by molar-refractivity contribution is -0.140. The summed E-state index contributed by atoms with van der Waals surface area (Å²) in [7, 11) is 0. The number of aryl methyl sites for hydroxylation is 1. The fourth-order valence-corrected chi connectivity index (χ4v) is 3.21. The number of piperazine rings is 1. The van der Waals surface area contributed by atoms with Crippen molar-refractivity contribution in [1.82, 2.24) is 14.3 Å². The second kappa shape index (κ2) is 6.41. The first-order chi connectivity index (χ1) is 10.6. The Kier molecular flexibility index (Phi) is 4.35. The Morgan fingerprint density at radius 1 is 1.23 bits per heavy atom. The topological polar surface area (TPSA) is 69.6 Å². The van der Waals surface area contributed by atoms with Crippen LogP contribution >= 0.6 is 11.5 Å². The van der Waals surface area contributed by atoms with Crippen molar-refractivity contribution in [2.75, 3.05) is 31.1 Å². The fraction of sp³-hybridized carbons (Fsp3) is 0.400. The maximum atomic E-state index is 12.4. The maximum absolute atomic E-state index is 12.4. The van der Waals surface area contributed by atoms with Crippen LogP contribution in [0.5, 0.6) is 0 Å². The molecule has 1 aliphatic rings. The molecule has 0 bridgehead atoms. The van der Waals surface area contributed by atoms with E-state index in [2.05, 4.69) is 14.3 Å². The molecule has 1 aromatic heterocycles. The largest absolute Gasteiger partial charge is 0.378 e. The Balaban J connectivity index is 1.60. The summed E-state index contributed by atoms with van der Waals surface area (Å²) in [5.41, 5.74) is 0.634. The van der Waals surface area contributed by atoms with E-state index in [1.54, 1.807) is 17.0 Å². The molecular weight excluding hydrogens is 300 g/mol. The number of carbonyl (C=O) groups is 1. The van der Waals surface area contributed by atoms with E-state index in [0.29, 0.717) is 31.7 Å². The standard InChI is InChI=1S/C15H18N4O2S/c1-11-16-15(22-17-11)19-9-7-18(8-10-19)14(21)13(20)12-5-3-2-4-6-12/h2-6,13,20H,7-10H2,1H3. The minimum Gasteiger partial charge on any atom is -0.378 e. The first-order valence-corrected chi connectivity index (χ1v) is 7.99. The number of hydrogen-bond donors (Lipinski definition) is 1. The minimum atomic E-state index is -1.09. The molecule has 2 aromatic rings. The SMILES string of the molecule is Cc1nsc(N2CCN(C(=O)C(O)c3ccccc3)CC2)n1. The number of rotatable bonds is 3. The van der Waals surface area contributed by atoms with Crippen LogP contribution in [0.4, 0.5) is 5.13 Å². The molecule has 1 N–H and O–H groups in total. The van der Waals surface area contributed by atoms with Gasteiger partial charge in [-0.25, -0.2) is 4.98 Å². The molecule has 0 aliphatic carbocycles. The van der Waals surface area contributed by atoms with E-state index < -0.39 is 6.10 Å². The molecule has 6 nitrogen and oxygen atoms in total. The molecular formula is C15H18N4O2S. The van der Waals surface area contributed by atoms with Gasteiger partial charge in [-0.05, 0) is 12.5 Å². The highest BCUT2D eigenvalue weighted by Gasteiger charge is 2.27. The van der Waals surface area contributed by atoms with Crippen LogP contribution in [0.2, 0.25) is 0 Å². The summed E-state index contributed by atoms with van der Waals surface area (Å²) < 4.78 is 4.18. The molecule has 0 saturated carbocycles. The molecule has 1 amide bonds. The van der Waals surface area contributed by atoms with Gasteiger partial charge in [0.15, 0.2) is 6.10 Å². The van der Waals surface area contributed by atoms with Crippen LogP contribution in [0.25, 0.3) is 0 Å². The second-order valence-corrected chi connectivity index (χ2v) is 5.98. The molecule has 1 saturated heterocycles. The van der Waals surface area contributed by atoms with Gasteiger partial charge >= 0.3 is 0 Å². The lowest BCUT2D eigenvalue weighted by Crippen LogP contribution is -2.50. The Bertz CT molecular complexity index is 638. The van der Waals surface area contributed by atoms with Gasteiger partial charge in [0.05, 0.1) is 0 Å². The summed E-state index contributed by atoms with van der Waals surface area (Å²) in [6.45, 7) is 4.46. The van der Waals surface area contributed by atoms with Crippen LogP contribution in [0, 0.1) is 6.92 Å². The van der Waals surface area contributed by atoms with Crippen LogP contribution in [0.3, 0.4) is 0 Å². The first kappa shape index (κ1) is 14.9. The Hall–Kier alpha value is -1.99. The third kappa shape index (κ3) is 3.10. The zero-order valence-electron chi connectivity index (χ0n) is 12.3. The molecule has 2 heterocycles. The molecule has 1 unspecified atom stereocenters. The predicted octanol–water partition coefficient (Wildman–Crippen LogP) is 1.23. The molecule has 7 heteroatoms. The smallest absolute Gasteiger partial charge is 0.256 e. The number of benzene rings is 1. The van der Waals surface area contributed by atoms with Crippen LogP contribution in [-0.2, 0) is 4.79 Å². The van der Waals surface area contributed by atoms with E-state index in [4.69, 9.17) is 0 Å². The molecule has 1 fully saturated rings. The van der Waals surface area contributed by atoms with E-state index in [0.717, 1.165) is 11.0 Å². The Morgan fingerprint density at radius 2 is 1.91 bits per heavy atom. The van der Waals surface area contributed by atoms with Crippen molar-refractivity contribution in [3.8, 4) is 0 Å². The van der Waals surface area contributed by atoms with Gasteiger partial charge in [0.2, 0.25) is 5.13 Å². The van der Waals surface area contributed by atoms with Crippen molar-refractivity contribution in [2.45, 2.75) is 13.0 Å². The van der Waals surface area contributed by atoms with Crippen LogP contribution in [-0.4, -0.2) is 51.5 Å². The number of aromatic nitrogens is 2. The van der Waals surface area contributed by atoms with E-state index in [9.17, 15) is 9.90 Å². The van der Waals surface area contributed by atoms with Gasteiger partial charge in [0, 0.05) is 37.7 Å². The van der Waals surface area contributed by atoms with E-state index >= 15 is 0 Å². The minimum absolute atomic E-state index is 0.237. The van der Waals surface area contributed by atoms with Gasteiger partial charge in [-0.1, -0.05) is 30.3 Å². The highest BCUT2D eigenvalue weighted by molar-refractivity contribution is 7.09. The predicted molar refractivity (Wildman–Crippen MR) is 84.8 cm³/mol. The second-order valence-electron chi connectivity index (χ2n) is 5.25. The summed E-state index contributed by atoms with van der Waals surface area (Å²) in [6.07, 6.45) is -1.09. The summed E-state index contributed by atoms with van der Waals surface area (Å²) in [5.74, 6) is 0.539. The highest BCUT2D eigenvalue weighted by Crippen LogP contribution is 2.21.